The van der Waals surface area contributed by atoms with E-state index in [-0.39, 0.29) is 28.6 Å². The van der Waals surface area contributed by atoms with Gasteiger partial charge in [0, 0.05) is 5.56 Å². The Morgan fingerprint density at radius 3 is 2.45 bits per heavy atom. The number of halogens is 1. The van der Waals surface area contributed by atoms with Crippen LogP contribution < -0.4 is 14.8 Å². The summed E-state index contributed by atoms with van der Waals surface area (Å²) in [5, 5.41) is 2.78. The van der Waals surface area contributed by atoms with Gasteiger partial charge in [0.05, 0.1) is 17.3 Å². The lowest BCUT2D eigenvalue weighted by Gasteiger charge is -2.14. The van der Waals surface area contributed by atoms with Gasteiger partial charge in [-0.15, -0.1) is 0 Å². The number of hydrogen-bond acceptors (Lipinski definition) is 4. The zero-order valence-corrected chi connectivity index (χ0v) is 20.3. The van der Waals surface area contributed by atoms with Gasteiger partial charge in [0.25, 0.3) is 15.9 Å². The molecule has 0 aliphatic carbocycles. The molecule has 0 aromatic heterocycles. The Morgan fingerprint density at radius 2 is 1.73 bits per heavy atom. The van der Waals surface area contributed by atoms with Crippen LogP contribution in [0.1, 0.15) is 41.3 Å². The third-order valence-corrected chi connectivity index (χ3v) is 6.91. The van der Waals surface area contributed by atoms with Crippen molar-refractivity contribution in [1.29, 1.82) is 0 Å². The van der Waals surface area contributed by atoms with E-state index in [0.29, 0.717) is 11.6 Å². The predicted molar refractivity (Wildman–Crippen MR) is 132 cm³/mol. The summed E-state index contributed by atoms with van der Waals surface area (Å²) in [5.41, 5.74) is 2.50. The maximum Gasteiger partial charge on any atom is 0.263 e. The molecule has 3 rings (SSSR count). The van der Waals surface area contributed by atoms with Crippen molar-refractivity contribution in [2.75, 3.05) is 17.9 Å². The normalized spacial score (nSPS) is 11.3. The van der Waals surface area contributed by atoms with E-state index in [1.165, 1.54) is 18.2 Å². The third-order valence-electron chi connectivity index (χ3n) is 5.06. The molecular weight excluding hydrogens is 460 g/mol. The van der Waals surface area contributed by atoms with Crippen LogP contribution in [-0.4, -0.2) is 27.5 Å². The standard InChI is InChI=1S/C25H27ClN2O4S/c1-17(2)20-9-5-7-11-23(20)32-15-14-27-25(29)19-12-13-21(26)24(16-19)33(30,31)28-22-10-6-4-8-18(22)3/h4-13,16-17,28H,14-15H2,1-3H3,(H,27,29). The minimum atomic E-state index is -3.98. The first-order valence-electron chi connectivity index (χ1n) is 10.6. The summed E-state index contributed by atoms with van der Waals surface area (Å²) < 4.78 is 34.2. The van der Waals surface area contributed by atoms with Gasteiger partial charge in [-0.2, -0.15) is 0 Å². The van der Waals surface area contributed by atoms with Crippen molar-refractivity contribution >= 4 is 33.2 Å². The highest BCUT2D eigenvalue weighted by atomic mass is 35.5. The Balaban J connectivity index is 1.66. The highest BCUT2D eigenvalue weighted by molar-refractivity contribution is 7.92. The topological polar surface area (TPSA) is 84.5 Å². The highest BCUT2D eigenvalue weighted by Crippen LogP contribution is 2.27. The van der Waals surface area contributed by atoms with Crippen molar-refractivity contribution in [2.24, 2.45) is 0 Å². The third kappa shape index (κ3) is 6.27. The lowest BCUT2D eigenvalue weighted by atomic mass is 10.0. The fourth-order valence-electron chi connectivity index (χ4n) is 3.25. The van der Waals surface area contributed by atoms with Crippen LogP contribution in [0.5, 0.6) is 5.75 Å². The molecule has 0 atom stereocenters. The van der Waals surface area contributed by atoms with Gasteiger partial charge < -0.3 is 10.1 Å². The maximum atomic E-state index is 12.9. The minimum Gasteiger partial charge on any atom is -0.491 e. The number of rotatable bonds is 9. The van der Waals surface area contributed by atoms with E-state index in [4.69, 9.17) is 16.3 Å². The van der Waals surface area contributed by atoms with Gasteiger partial charge >= 0.3 is 0 Å². The van der Waals surface area contributed by atoms with Gasteiger partial charge in [-0.25, -0.2) is 8.42 Å². The molecule has 0 radical (unpaired) electrons. The number of carbonyl (C=O) groups excluding carboxylic acids is 1. The molecule has 0 heterocycles. The summed E-state index contributed by atoms with van der Waals surface area (Å²) in [4.78, 5) is 12.4. The van der Waals surface area contributed by atoms with Crippen molar-refractivity contribution in [3.8, 4) is 5.75 Å². The number of carbonyl (C=O) groups is 1. The Labute approximate surface area is 200 Å². The number of sulfonamides is 1. The van der Waals surface area contributed by atoms with E-state index in [9.17, 15) is 13.2 Å². The van der Waals surface area contributed by atoms with Crippen molar-refractivity contribution in [2.45, 2.75) is 31.6 Å². The van der Waals surface area contributed by atoms with Gasteiger partial charge in [0.2, 0.25) is 0 Å². The zero-order chi connectivity index (χ0) is 24.0. The van der Waals surface area contributed by atoms with Crippen LogP contribution in [0.4, 0.5) is 5.69 Å². The van der Waals surface area contributed by atoms with Crippen molar-refractivity contribution in [3.63, 3.8) is 0 Å². The van der Waals surface area contributed by atoms with E-state index < -0.39 is 15.9 Å². The molecule has 174 valence electrons. The Morgan fingerprint density at radius 1 is 1.03 bits per heavy atom. The minimum absolute atomic E-state index is 0.0289. The fourth-order valence-corrected chi connectivity index (χ4v) is 4.91. The summed E-state index contributed by atoms with van der Waals surface area (Å²) in [5.74, 6) is 0.683. The molecule has 3 aromatic carbocycles. The molecule has 0 saturated carbocycles. The molecule has 3 aromatic rings. The molecule has 0 aliphatic heterocycles. The van der Waals surface area contributed by atoms with Crippen LogP contribution in [0.25, 0.3) is 0 Å². The molecule has 0 spiro atoms. The fraction of sp³-hybridized carbons (Fsp3) is 0.240. The lowest BCUT2D eigenvalue weighted by molar-refractivity contribution is 0.0946. The smallest absolute Gasteiger partial charge is 0.263 e. The van der Waals surface area contributed by atoms with Gasteiger partial charge in [-0.05, 0) is 54.3 Å². The van der Waals surface area contributed by atoms with Crippen LogP contribution in [0.2, 0.25) is 5.02 Å². The summed E-state index contributed by atoms with van der Waals surface area (Å²) >= 11 is 6.16. The predicted octanol–water partition coefficient (Wildman–Crippen LogP) is 5.38. The molecule has 0 bridgehead atoms. The molecule has 0 aliphatic rings. The number of nitrogens with one attached hydrogen (secondary N) is 2. The van der Waals surface area contributed by atoms with Crippen molar-refractivity contribution in [3.05, 3.63) is 88.4 Å². The largest absolute Gasteiger partial charge is 0.491 e. The summed E-state index contributed by atoms with van der Waals surface area (Å²) in [7, 11) is -3.98. The number of ether oxygens (including phenoxy) is 1. The van der Waals surface area contributed by atoms with Crippen LogP contribution >= 0.6 is 11.6 Å². The van der Waals surface area contributed by atoms with Crippen LogP contribution in [0.3, 0.4) is 0 Å². The molecule has 6 nitrogen and oxygen atoms in total. The molecule has 8 heteroatoms. The first-order valence-corrected chi connectivity index (χ1v) is 12.4. The second-order valence-corrected chi connectivity index (χ2v) is 9.92. The monoisotopic (exact) mass is 486 g/mol. The zero-order valence-electron chi connectivity index (χ0n) is 18.8. The molecule has 2 N–H and O–H groups in total. The van der Waals surface area contributed by atoms with E-state index in [0.717, 1.165) is 16.9 Å². The van der Waals surface area contributed by atoms with E-state index in [1.807, 2.05) is 30.3 Å². The Bertz CT molecular complexity index is 1240. The quantitative estimate of drug-likeness (QED) is 0.397. The first kappa shape index (κ1) is 24.6. The Hall–Kier alpha value is -3.03. The first-order chi connectivity index (χ1) is 15.7. The van der Waals surface area contributed by atoms with Gasteiger partial charge in [0.15, 0.2) is 0 Å². The number of hydrogen-bond donors (Lipinski definition) is 2. The van der Waals surface area contributed by atoms with Crippen LogP contribution in [0.15, 0.2) is 71.6 Å². The number of anilines is 1. The number of benzene rings is 3. The average Bonchev–Trinajstić information content (AvgIpc) is 2.78. The summed E-state index contributed by atoms with van der Waals surface area (Å²) in [6.07, 6.45) is 0. The number of aryl methyl sites for hydroxylation is 1. The highest BCUT2D eigenvalue weighted by Gasteiger charge is 2.21. The average molecular weight is 487 g/mol. The lowest BCUT2D eigenvalue weighted by Crippen LogP contribution is -2.28. The summed E-state index contributed by atoms with van der Waals surface area (Å²) in [6.45, 7) is 6.51. The molecule has 33 heavy (non-hydrogen) atoms. The molecule has 0 saturated heterocycles. The number of para-hydroxylation sites is 2. The van der Waals surface area contributed by atoms with Gasteiger partial charge in [-0.1, -0.05) is 61.8 Å². The van der Waals surface area contributed by atoms with E-state index in [2.05, 4.69) is 23.9 Å². The van der Waals surface area contributed by atoms with Crippen LogP contribution in [-0.2, 0) is 10.0 Å². The SMILES string of the molecule is Cc1ccccc1NS(=O)(=O)c1cc(C(=O)NCCOc2ccccc2C(C)C)ccc1Cl. The van der Waals surface area contributed by atoms with Crippen LogP contribution in [0, 0.1) is 6.92 Å². The Kier molecular flexibility index (Phi) is 8.00. The molecule has 0 unspecified atom stereocenters. The van der Waals surface area contributed by atoms with Gasteiger partial charge in [-0.3, -0.25) is 9.52 Å². The van der Waals surface area contributed by atoms with Crippen molar-refractivity contribution < 1.29 is 17.9 Å². The molecular formula is C25H27ClN2O4S. The van der Waals surface area contributed by atoms with Gasteiger partial charge in [0.1, 0.15) is 17.3 Å². The second-order valence-electron chi connectivity index (χ2n) is 7.86. The maximum absolute atomic E-state index is 12.9. The summed E-state index contributed by atoms with van der Waals surface area (Å²) in [6, 6.07) is 18.9. The molecule has 0 fully saturated rings. The number of amides is 1. The second kappa shape index (κ2) is 10.7. The van der Waals surface area contributed by atoms with E-state index >= 15 is 0 Å². The molecule has 1 amide bonds. The van der Waals surface area contributed by atoms with Crippen molar-refractivity contribution in [1.82, 2.24) is 5.32 Å². The van der Waals surface area contributed by atoms with E-state index in [1.54, 1.807) is 25.1 Å².